The minimum atomic E-state index is -0.0581. The molecule has 2 aromatic rings. The molecule has 0 unspecified atom stereocenters. The number of anilines is 3. The third-order valence-corrected chi connectivity index (χ3v) is 8.22. The lowest BCUT2D eigenvalue weighted by atomic mass is 9.83. The first-order chi connectivity index (χ1) is 17.0. The average molecular weight is 473 g/mol. The number of rotatable bonds is 7. The third-order valence-electron chi connectivity index (χ3n) is 8.22. The largest absolute Gasteiger partial charge is 0.352 e. The van der Waals surface area contributed by atoms with E-state index in [9.17, 15) is 5.26 Å². The zero-order chi connectivity index (χ0) is 24.0. The van der Waals surface area contributed by atoms with Gasteiger partial charge in [-0.15, -0.1) is 0 Å². The molecule has 1 aromatic heterocycles. The van der Waals surface area contributed by atoms with Crippen LogP contribution in [0.15, 0.2) is 24.4 Å². The molecule has 8 heteroatoms. The minimum absolute atomic E-state index is 0.0581. The smallest absolute Gasteiger partial charge is 0.229 e. The van der Waals surface area contributed by atoms with Crippen molar-refractivity contribution in [2.45, 2.75) is 44.8 Å². The van der Waals surface area contributed by atoms with Crippen molar-refractivity contribution in [1.82, 2.24) is 24.7 Å². The maximum Gasteiger partial charge on any atom is 0.229 e. The van der Waals surface area contributed by atoms with Crippen LogP contribution in [0.1, 0.15) is 36.0 Å². The molecule has 4 heterocycles. The summed E-state index contributed by atoms with van der Waals surface area (Å²) in [6, 6.07) is 9.02. The summed E-state index contributed by atoms with van der Waals surface area (Å²) in [5, 5.41) is 13.1. The van der Waals surface area contributed by atoms with Crippen molar-refractivity contribution in [2.75, 3.05) is 63.1 Å². The first-order valence-electron chi connectivity index (χ1n) is 13.0. The molecule has 35 heavy (non-hydrogen) atoms. The zero-order valence-electron chi connectivity index (χ0n) is 21.0. The first kappa shape index (κ1) is 22.7. The number of aromatic nitrogens is 2. The predicted octanol–water partition coefficient (Wildman–Crippen LogP) is 2.97. The van der Waals surface area contributed by atoms with Gasteiger partial charge in [-0.1, -0.05) is 6.07 Å². The molecule has 0 amide bonds. The van der Waals surface area contributed by atoms with Gasteiger partial charge in [0.25, 0.3) is 0 Å². The van der Waals surface area contributed by atoms with Crippen molar-refractivity contribution >= 4 is 17.5 Å². The fourth-order valence-corrected chi connectivity index (χ4v) is 6.04. The summed E-state index contributed by atoms with van der Waals surface area (Å²) in [5.41, 5.74) is 4.81. The molecule has 2 saturated heterocycles. The number of fused-ring (bicyclic) bond motifs is 1. The highest BCUT2D eigenvalue weighted by atomic mass is 15.4. The standard InChI is InChI=1S/C27H36N8/c1-20-14-29-26(30-24-6-5-22-16-32(2)17-23(22)13-24)31-25(20)34-18-27(19-34,7-8-28)35-11-9-33(10-12-35)15-21-3-4-21/h5-6,13-14,21H,3-4,7,9-12,15-19H2,1-2H3,(H,29,30,31). The van der Waals surface area contributed by atoms with E-state index in [0.29, 0.717) is 12.4 Å². The first-order valence-corrected chi connectivity index (χ1v) is 13.0. The van der Waals surface area contributed by atoms with Crippen molar-refractivity contribution in [2.24, 2.45) is 5.92 Å². The molecular weight excluding hydrogens is 436 g/mol. The molecule has 0 bridgehead atoms. The topological polar surface area (TPSA) is 74.6 Å². The van der Waals surface area contributed by atoms with Gasteiger partial charge in [-0.3, -0.25) is 9.80 Å². The molecule has 1 aliphatic carbocycles. The summed E-state index contributed by atoms with van der Waals surface area (Å²) >= 11 is 0. The van der Waals surface area contributed by atoms with Gasteiger partial charge in [0.2, 0.25) is 5.95 Å². The highest BCUT2D eigenvalue weighted by Crippen LogP contribution is 2.37. The molecule has 3 fully saturated rings. The molecule has 1 aromatic carbocycles. The monoisotopic (exact) mass is 472 g/mol. The van der Waals surface area contributed by atoms with Crippen LogP contribution in [0.25, 0.3) is 0 Å². The number of nitrogens with zero attached hydrogens (tertiary/aromatic N) is 7. The Kier molecular flexibility index (Phi) is 5.87. The minimum Gasteiger partial charge on any atom is -0.352 e. The summed E-state index contributed by atoms with van der Waals surface area (Å²) in [4.78, 5) is 19.3. The van der Waals surface area contributed by atoms with Gasteiger partial charge < -0.3 is 15.1 Å². The maximum absolute atomic E-state index is 9.64. The Bertz CT molecular complexity index is 1120. The fraction of sp³-hybridized carbons (Fsp3) is 0.593. The molecule has 0 atom stereocenters. The lowest BCUT2D eigenvalue weighted by Gasteiger charge is -2.57. The molecule has 3 aliphatic heterocycles. The second-order valence-electron chi connectivity index (χ2n) is 11.1. The van der Waals surface area contributed by atoms with Gasteiger partial charge in [0.05, 0.1) is 18.0 Å². The molecule has 0 spiro atoms. The Balaban J connectivity index is 1.12. The average Bonchev–Trinajstić information content (AvgIpc) is 3.56. The van der Waals surface area contributed by atoms with Gasteiger partial charge in [0.15, 0.2) is 0 Å². The van der Waals surface area contributed by atoms with Crippen molar-refractivity contribution in [3.8, 4) is 6.07 Å². The Morgan fingerprint density at radius 1 is 1.11 bits per heavy atom. The third kappa shape index (κ3) is 4.61. The van der Waals surface area contributed by atoms with Crippen molar-refractivity contribution in [3.63, 3.8) is 0 Å². The van der Waals surface area contributed by atoms with Crippen LogP contribution < -0.4 is 10.2 Å². The van der Waals surface area contributed by atoms with Crippen molar-refractivity contribution in [1.29, 1.82) is 5.26 Å². The second kappa shape index (κ2) is 9.05. The van der Waals surface area contributed by atoms with E-state index < -0.39 is 0 Å². The second-order valence-corrected chi connectivity index (χ2v) is 11.1. The normalized spacial score (nSPS) is 22.5. The van der Waals surface area contributed by atoms with Gasteiger partial charge in [-0.2, -0.15) is 10.2 Å². The Morgan fingerprint density at radius 3 is 2.63 bits per heavy atom. The maximum atomic E-state index is 9.64. The summed E-state index contributed by atoms with van der Waals surface area (Å²) in [6.07, 6.45) is 5.30. The van der Waals surface area contributed by atoms with Gasteiger partial charge in [-0.25, -0.2) is 4.98 Å². The number of hydrogen-bond acceptors (Lipinski definition) is 8. The molecule has 184 valence electrons. The summed E-state index contributed by atoms with van der Waals surface area (Å²) < 4.78 is 0. The summed E-state index contributed by atoms with van der Waals surface area (Å²) in [7, 11) is 2.15. The van der Waals surface area contributed by atoms with Crippen LogP contribution in [0.4, 0.5) is 17.5 Å². The van der Waals surface area contributed by atoms with E-state index >= 15 is 0 Å². The highest BCUT2D eigenvalue weighted by Gasteiger charge is 2.49. The Labute approximate surface area is 208 Å². The summed E-state index contributed by atoms with van der Waals surface area (Å²) in [6.45, 7) is 11.4. The van der Waals surface area contributed by atoms with Crippen molar-refractivity contribution in [3.05, 3.63) is 41.1 Å². The van der Waals surface area contributed by atoms with E-state index in [-0.39, 0.29) is 5.54 Å². The number of piperazine rings is 1. The fourth-order valence-electron chi connectivity index (χ4n) is 6.04. The lowest BCUT2D eigenvalue weighted by Crippen LogP contribution is -2.72. The van der Waals surface area contributed by atoms with Crippen LogP contribution in [0.5, 0.6) is 0 Å². The van der Waals surface area contributed by atoms with E-state index in [4.69, 9.17) is 4.98 Å². The van der Waals surface area contributed by atoms with Crippen molar-refractivity contribution < 1.29 is 0 Å². The number of nitriles is 1. The van der Waals surface area contributed by atoms with Crippen LogP contribution in [-0.2, 0) is 13.1 Å². The lowest BCUT2D eigenvalue weighted by molar-refractivity contribution is 0.0140. The SMILES string of the molecule is Cc1cnc(Nc2ccc3c(c2)CN(C)C3)nc1N1CC(CC#N)(N2CCN(CC3CC3)CC2)C1. The number of hydrogen-bond donors (Lipinski definition) is 1. The molecular formula is C27H36N8. The van der Waals surface area contributed by atoms with Crippen LogP contribution in [0, 0.1) is 24.2 Å². The van der Waals surface area contributed by atoms with E-state index in [0.717, 1.165) is 75.3 Å². The molecule has 6 rings (SSSR count). The van der Waals surface area contributed by atoms with Gasteiger partial charge in [0.1, 0.15) is 5.82 Å². The number of benzene rings is 1. The van der Waals surface area contributed by atoms with E-state index in [1.54, 1.807) is 0 Å². The Morgan fingerprint density at radius 2 is 1.89 bits per heavy atom. The molecule has 0 radical (unpaired) electrons. The molecule has 1 N–H and O–H groups in total. The van der Waals surface area contributed by atoms with E-state index in [1.807, 2.05) is 6.20 Å². The predicted molar refractivity (Wildman–Crippen MR) is 138 cm³/mol. The van der Waals surface area contributed by atoms with Crippen LogP contribution in [0.3, 0.4) is 0 Å². The van der Waals surface area contributed by atoms with Crippen LogP contribution >= 0.6 is 0 Å². The van der Waals surface area contributed by atoms with Crippen LogP contribution in [-0.4, -0.2) is 83.1 Å². The van der Waals surface area contributed by atoms with E-state index in [2.05, 4.69) is 68.1 Å². The molecule has 4 aliphatic rings. The quantitative estimate of drug-likeness (QED) is 0.659. The van der Waals surface area contributed by atoms with Gasteiger partial charge >= 0.3 is 0 Å². The molecule has 8 nitrogen and oxygen atoms in total. The van der Waals surface area contributed by atoms with Crippen LogP contribution in [0.2, 0.25) is 0 Å². The zero-order valence-corrected chi connectivity index (χ0v) is 21.0. The number of nitrogens with one attached hydrogen (secondary N) is 1. The van der Waals surface area contributed by atoms with E-state index in [1.165, 1.54) is 30.5 Å². The van der Waals surface area contributed by atoms with Gasteiger partial charge in [0, 0.05) is 76.4 Å². The number of aryl methyl sites for hydroxylation is 1. The molecule has 1 saturated carbocycles. The summed E-state index contributed by atoms with van der Waals surface area (Å²) in [5.74, 6) is 2.54. The van der Waals surface area contributed by atoms with Gasteiger partial charge in [-0.05, 0) is 56.0 Å². The Hall–Kier alpha value is -2.73. The highest BCUT2D eigenvalue weighted by molar-refractivity contribution is 5.60.